The smallest absolute Gasteiger partial charge is 0.262 e. The number of hydrogen-bond donors (Lipinski definition) is 1. The number of nitrogens with one attached hydrogen (secondary N) is 1. The second-order valence-corrected chi connectivity index (χ2v) is 6.39. The number of anilines is 1. The van der Waals surface area contributed by atoms with Gasteiger partial charge in [0.05, 0.1) is 10.6 Å². The van der Waals surface area contributed by atoms with Crippen molar-refractivity contribution >= 4 is 38.9 Å². The SMILES string of the molecule is O=S(=O)(Nc1cc(Cl)cc(Cl)c1)c1ccc(F)c(F)c1. The predicted molar refractivity (Wildman–Crippen MR) is 73.6 cm³/mol. The summed E-state index contributed by atoms with van der Waals surface area (Å²) in [7, 11) is -4.06. The third kappa shape index (κ3) is 3.39. The van der Waals surface area contributed by atoms with E-state index in [1.807, 2.05) is 0 Å². The fourth-order valence-corrected chi connectivity index (χ4v) is 3.05. The summed E-state index contributed by atoms with van der Waals surface area (Å²) in [5.41, 5.74) is 0.118. The molecule has 0 aliphatic rings. The summed E-state index contributed by atoms with van der Waals surface area (Å²) in [6.45, 7) is 0. The van der Waals surface area contributed by atoms with Crippen LogP contribution in [-0.2, 0) is 10.0 Å². The van der Waals surface area contributed by atoms with Crippen molar-refractivity contribution in [3.63, 3.8) is 0 Å². The van der Waals surface area contributed by atoms with Crippen LogP contribution in [0.5, 0.6) is 0 Å². The van der Waals surface area contributed by atoms with E-state index in [0.29, 0.717) is 6.07 Å². The van der Waals surface area contributed by atoms with Gasteiger partial charge >= 0.3 is 0 Å². The average Bonchev–Trinajstić information content (AvgIpc) is 2.30. The van der Waals surface area contributed by atoms with Crippen LogP contribution in [0.25, 0.3) is 0 Å². The molecule has 2 aromatic rings. The molecule has 20 heavy (non-hydrogen) atoms. The Morgan fingerprint density at radius 3 is 2.05 bits per heavy atom. The van der Waals surface area contributed by atoms with Crippen molar-refractivity contribution in [3.05, 3.63) is 58.1 Å². The summed E-state index contributed by atoms with van der Waals surface area (Å²) in [5.74, 6) is -2.38. The van der Waals surface area contributed by atoms with Crippen LogP contribution >= 0.6 is 23.2 Å². The molecule has 0 spiro atoms. The number of sulfonamides is 1. The Hall–Kier alpha value is -1.37. The predicted octanol–water partition coefficient (Wildman–Crippen LogP) is 4.07. The molecule has 8 heteroatoms. The molecule has 0 saturated carbocycles. The van der Waals surface area contributed by atoms with Crippen LogP contribution in [0.1, 0.15) is 0 Å². The molecular weight excluding hydrogens is 331 g/mol. The second kappa shape index (κ2) is 5.55. The molecule has 2 aromatic carbocycles. The van der Waals surface area contributed by atoms with E-state index in [1.54, 1.807) is 0 Å². The Kier molecular flexibility index (Phi) is 4.17. The summed E-state index contributed by atoms with van der Waals surface area (Å²) < 4.78 is 52.0. The van der Waals surface area contributed by atoms with Gasteiger partial charge in [0.25, 0.3) is 10.0 Å². The number of halogens is 4. The minimum Gasteiger partial charge on any atom is -0.280 e. The average molecular weight is 338 g/mol. The maximum atomic E-state index is 13.1. The van der Waals surface area contributed by atoms with Crippen molar-refractivity contribution in [2.45, 2.75) is 4.90 Å². The van der Waals surface area contributed by atoms with Crippen molar-refractivity contribution in [3.8, 4) is 0 Å². The summed E-state index contributed by atoms with van der Waals surface area (Å²) in [6.07, 6.45) is 0. The van der Waals surface area contributed by atoms with Crippen LogP contribution in [0.15, 0.2) is 41.3 Å². The molecule has 0 radical (unpaired) electrons. The monoisotopic (exact) mass is 337 g/mol. The van der Waals surface area contributed by atoms with E-state index in [0.717, 1.165) is 12.1 Å². The lowest BCUT2D eigenvalue weighted by Gasteiger charge is -2.09. The van der Waals surface area contributed by atoms with E-state index in [4.69, 9.17) is 23.2 Å². The van der Waals surface area contributed by atoms with E-state index in [1.165, 1.54) is 18.2 Å². The molecular formula is C12H7Cl2F2NO2S. The van der Waals surface area contributed by atoms with Gasteiger partial charge in [0.15, 0.2) is 11.6 Å². The molecule has 0 atom stereocenters. The van der Waals surface area contributed by atoms with Crippen LogP contribution < -0.4 is 4.72 Å². The Morgan fingerprint density at radius 1 is 0.900 bits per heavy atom. The van der Waals surface area contributed by atoms with Crippen molar-refractivity contribution in [1.82, 2.24) is 0 Å². The molecule has 0 unspecified atom stereocenters. The van der Waals surface area contributed by atoms with Gasteiger partial charge in [0, 0.05) is 10.0 Å². The van der Waals surface area contributed by atoms with Crippen molar-refractivity contribution in [2.75, 3.05) is 4.72 Å². The molecule has 0 saturated heterocycles. The largest absolute Gasteiger partial charge is 0.280 e. The highest BCUT2D eigenvalue weighted by Crippen LogP contribution is 2.25. The van der Waals surface area contributed by atoms with Gasteiger partial charge < -0.3 is 0 Å². The molecule has 0 amide bonds. The lowest BCUT2D eigenvalue weighted by molar-refractivity contribution is 0.504. The zero-order chi connectivity index (χ0) is 14.9. The van der Waals surface area contributed by atoms with Crippen molar-refractivity contribution in [1.29, 1.82) is 0 Å². The third-order valence-corrected chi connectivity index (χ3v) is 4.13. The number of hydrogen-bond acceptors (Lipinski definition) is 2. The summed E-state index contributed by atoms with van der Waals surface area (Å²) in [5, 5.41) is 0.473. The molecule has 0 aliphatic heterocycles. The van der Waals surface area contributed by atoms with Crippen LogP contribution in [0, 0.1) is 11.6 Å². The topological polar surface area (TPSA) is 46.2 Å². The minimum absolute atomic E-state index is 0.118. The molecule has 0 aromatic heterocycles. The van der Waals surface area contributed by atoms with Crippen molar-refractivity contribution < 1.29 is 17.2 Å². The fourth-order valence-electron chi connectivity index (χ4n) is 1.47. The Morgan fingerprint density at radius 2 is 1.50 bits per heavy atom. The lowest BCUT2D eigenvalue weighted by atomic mass is 10.3. The molecule has 0 heterocycles. The highest BCUT2D eigenvalue weighted by Gasteiger charge is 2.17. The van der Waals surface area contributed by atoms with Gasteiger partial charge in [-0.05, 0) is 36.4 Å². The van der Waals surface area contributed by atoms with Gasteiger partial charge in [-0.2, -0.15) is 0 Å². The van der Waals surface area contributed by atoms with E-state index in [2.05, 4.69) is 4.72 Å². The Bertz CT molecular complexity index is 746. The highest BCUT2D eigenvalue weighted by molar-refractivity contribution is 7.92. The van der Waals surface area contributed by atoms with Crippen LogP contribution in [0.4, 0.5) is 14.5 Å². The van der Waals surface area contributed by atoms with Gasteiger partial charge in [0.1, 0.15) is 0 Å². The van der Waals surface area contributed by atoms with Gasteiger partial charge in [-0.3, -0.25) is 4.72 Å². The summed E-state index contributed by atoms with van der Waals surface area (Å²) in [6, 6.07) is 6.37. The molecule has 3 nitrogen and oxygen atoms in total. The maximum absolute atomic E-state index is 13.1. The minimum atomic E-state index is -4.06. The van der Waals surface area contributed by atoms with E-state index in [9.17, 15) is 17.2 Å². The van der Waals surface area contributed by atoms with Crippen LogP contribution in [-0.4, -0.2) is 8.42 Å². The Balaban J connectivity index is 2.37. The molecule has 1 N–H and O–H groups in total. The maximum Gasteiger partial charge on any atom is 0.262 e. The van der Waals surface area contributed by atoms with Gasteiger partial charge in [0.2, 0.25) is 0 Å². The first-order chi connectivity index (χ1) is 9.28. The standard InChI is InChI=1S/C12H7Cl2F2NO2S/c13-7-3-8(14)5-9(4-7)17-20(18,19)10-1-2-11(15)12(16)6-10/h1-6,17H. The zero-order valence-corrected chi connectivity index (χ0v) is 12.0. The van der Waals surface area contributed by atoms with Gasteiger partial charge in [-0.25, -0.2) is 17.2 Å². The quantitative estimate of drug-likeness (QED) is 0.917. The highest BCUT2D eigenvalue weighted by atomic mass is 35.5. The molecule has 0 fully saturated rings. The third-order valence-electron chi connectivity index (χ3n) is 2.32. The van der Waals surface area contributed by atoms with E-state index < -0.39 is 26.6 Å². The van der Waals surface area contributed by atoms with Crippen molar-refractivity contribution in [2.24, 2.45) is 0 Å². The first-order valence-corrected chi connectivity index (χ1v) is 7.46. The lowest BCUT2D eigenvalue weighted by Crippen LogP contribution is -2.13. The molecule has 0 bridgehead atoms. The van der Waals surface area contributed by atoms with E-state index in [-0.39, 0.29) is 15.7 Å². The van der Waals surface area contributed by atoms with Crippen LogP contribution in [0.2, 0.25) is 10.0 Å². The molecule has 0 aliphatic carbocycles. The summed E-state index contributed by atoms with van der Waals surface area (Å²) >= 11 is 11.5. The first-order valence-electron chi connectivity index (χ1n) is 5.22. The number of rotatable bonds is 3. The fraction of sp³-hybridized carbons (Fsp3) is 0. The second-order valence-electron chi connectivity index (χ2n) is 3.84. The molecule has 2 rings (SSSR count). The van der Waals surface area contributed by atoms with Crippen LogP contribution in [0.3, 0.4) is 0 Å². The van der Waals surface area contributed by atoms with Gasteiger partial charge in [-0.1, -0.05) is 23.2 Å². The summed E-state index contributed by atoms with van der Waals surface area (Å²) in [4.78, 5) is -0.410. The Labute approximate surface area is 124 Å². The molecule has 106 valence electrons. The normalized spacial score (nSPS) is 11.4. The van der Waals surface area contributed by atoms with E-state index >= 15 is 0 Å². The number of benzene rings is 2. The van der Waals surface area contributed by atoms with Gasteiger partial charge in [-0.15, -0.1) is 0 Å². The zero-order valence-electron chi connectivity index (χ0n) is 9.70. The first kappa shape index (κ1) is 15.0.